The Morgan fingerprint density at radius 3 is 2.87 bits per heavy atom. The molecule has 2 aliphatic heterocycles. The summed E-state index contributed by atoms with van der Waals surface area (Å²) in [6, 6.07) is -0.121. The highest BCUT2D eigenvalue weighted by Crippen LogP contribution is 2.31. The molecule has 3 rings (SSSR count). The number of urea groups is 1. The number of thiazole rings is 1. The molecule has 7 heteroatoms. The number of piperidine rings is 1. The third kappa shape index (κ3) is 3.65. The van der Waals surface area contributed by atoms with E-state index in [4.69, 9.17) is 0 Å². The lowest BCUT2D eigenvalue weighted by Gasteiger charge is -2.34. The quantitative estimate of drug-likeness (QED) is 0.916. The van der Waals surface area contributed by atoms with Gasteiger partial charge in [-0.3, -0.25) is 4.79 Å². The normalized spacial score (nSPS) is 22.2. The van der Waals surface area contributed by atoms with E-state index < -0.39 is 0 Å². The van der Waals surface area contributed by atoms with Crippen molar-refractivity contribution in [2.24, 2.45) is 0 Å². The van der Waals surface area contributed by atoms with Crippen LogP contribution in [0, 0.1) is 13.8 Å². The van der Waals surface area contributed by atoms with Crippen molar-refractivity contribution in [3.8, 4) is 0 Å². The van der Waals surface area contributed by atoms with Crippen LogP contribution in [0.5, 0.6) is 0 Å². The van der Waals surface area contributed by atoms with E-state index in [0.717, 1.165) is 43.1 Å². The zero-order chi connectivity index (χ0) is 16.4. The number of nitrogens with zero attached hydrogens (tertiary/aromatic N) is 3. The largest absolute Gasteiger partial charge is 0.340 e. The molecule has 1 atom stereocenters. The average Bonchev–Trinajstić information content (AvgIpc) is 2.89. The Morgan fingerprint density at radius 1 is 1.35 bits per heavy atom. The van der Waals surface area contributed by atoms with E-state index in [1.807, 2.05) is 11.8 Å². The van der Waals surface area contributed by atoms with Gasteiger partial charge >= 0.3 is 6.03 Å². The van der Waals surface area contributed by atoms with Crippen LogP contribution in [0.15, 0.2) is 0 Å². The minimum Gasteiger partial charge on any atom is -0.340 e. The molecule has 2 fully saturated rings. The van der Waals surface area contributed by atoms with Crippen molar-refractivity contribution in [3.63, 3.8) is 0 Å². The van der Waals surface area contributed by atoms with Gasteiger partial charge in [0.1, 0.15) is 6.54 Å². The van der Waals surface area contributed by atoms with Crippen LogP contribution in [-0.4, -0.2) is 59.4 Å². The van der Waals surface area contributed by atoms with Crippen molar-refractivity contribution in [2.75, 3.05) is 32.7 Å². The van der Waals surface area contributed by atoms with Gasteiger partial charge in [0, 0.05) is 37.0 Å². The van der Waals surface area contributed by atoms with Gasteiger partial charge < -0.3 is 15.1 Å². The van der Waals surface area contributed by atoms with Gasteiger partial charge in [0.2, 0.25) is 5.91 Å². The molecule has 0 spiro atoms. The van der Waals surface area contributed by atoms with Crippen LogP contribution in [0.1, 0.15) is 40.8 Å². The maximum absolute atomic E-state index is 12.5. The number of rotatable bonds is 3. The van der Waals surface area contributed by atoms with Gasteiger partial charge in [0.25, 0.3) is 0 Å². The Hall–Kier alpha value is -1.63. The first-order valence-corrected chi connectivity index (χ1v) is 9.10. The van der Waals surface area contributed by atoms with Crippen molar-refractivity contribution in [2.45, 2.75) is 39.0 Å². The molecule has 0 aliphatic carbocycles. The van der Waals surface area contributed by atoms with Gasteiger partial charge in [-0.05, 0) is 33.1 Å². The third-order valence-corrected chi connectivity index (χ3v) is 5.90. The number of aromatic nitrogens is 1. The zero-order valence-corrected chi connectivity index (χ0v) is 14.6. The van der Waals surface area contributed by atoms with Gasteiger partial charge in [0.05, 0.1) is 10.7 Å². The van der Waals surface area contributed by atoms with Crippen molar-refractivity contribution in [1.82, 2.24) is 20.1 Å². The van der Waals surface area contributed by atoms with E-state index >= 15 is 0 Å². The number of carbonyl (C=O) groups excluding carboxylic acids is 2. The second kappa shape index (κ2) is 6.86. The summed E-state index contributed by atoms with van der Waals surface area (Å²) in [6.07, 6.45) is 2.99. The molecule has 0 unspecified atom stereocenters. The monoisotopic (exact) mass is 336 g/mol. The fourth-order valence-electron chi connectivity index (χ4n) is 3.17. The number of aryl methyl sites for hydroxylation is 2. The summed E-state index contributed by atoms with van der Waals surface area (Å²) in [7, 11) is 0. The first-order valence-electron chi connectivity index (χ1n) is 8.29. The number of likely N-dealkylation sites (tertiary alicyclic amines) is 1. The molecule has 0 saturated carbocycles. The van der Waals surface area contributed by atoms with E-state index in [0.29, 0.717) is 19.0 Å². The summed E-state index contributed by atoms with van der Waals surface area (Å²) in [5, 5.41) is 3.94. The fourth-order valence-corrected chi connectivity index (χ4v) is 4.22. The molecule has 1 aromatic rings. The highest BCUT2D eigenvalue weighted by molar-refractivity contribution is 7.11. The summed E-state index contributed by atoms with van der Waals surface area (Å²) in [5.74, 6) is 0.386. The number of hydrogen-bond acceptors (Lipinski definition) is 4. The molecule has 2 saturated heterocycles. The van der Waals surface area contributed by atoms with E-state index in [1.54, 1.807) is 16.2 Å². The molecule has 0 radical (unpaired) electrons. The molecular formula is C16H24N4O2S. The van der Waals surface area contributed by atoms with Gasteiger partial charge in [-0.2, -0.15) is 0 Å². The van der Waals surface area contributed by atoms with Crippen LogP contribution in [0.2, 0.25) is 0 Å². The first kappa shape index (κ1) is 16.2. The number of nitrogens with one attached hydrogen (secondary N) is 1. The Bertz CT molecular complexity index is 581. The van der Waals surface area contributed by atoms with Crippen LogP contribution in [0.25, 0.3) is 0 Å². The van der Waals surface area contributed by atoms with Crippen molar-refractivity contribution in [3.05, 3.63) is 15.6 Å². The van der Waals surface area contributed by atoms with Crippen molar-refractivity contribution < 1.29 is 9.59 Å². The Morgan fingerprint density at radius 2 is 2.17 bits per heavy atom. The van der Waals surface area contributed by atoms with Crippen LogP contribution >= 0.6 is 11.3 Å². The lowest BCUT2D eigenvalue weighted by Crippen LogP contribution is -2.51. The summed E-state index contributed by atoms with van der Waals surface area (Å²) in [4.78, 5) is 33.8. The second-order valence-corrected chi connectivity index (χ2v) is 7.61. The fraction of sp³-hybridized carbons (Fsp3) is 0.688. The Balaban J connectivity index is 1.61. The van der Waals surface area contributed by atoms with Crippen LogP contribution in [0.3, 0.4) is 0 Å². The first-order chi connectivity index (χ1) is 11.0. The van der Waals surface area contributed by atoms with Gasteiger partial charge in [-0.1, -0.05) is 0 Å². The molecular weight excluding hydrogens is 312 g/mol. The molecule has 0 bridgehead atoms. The predicted molar refractivity (Wildman–Crippen MR) is 89.7 cm³/mol. The Labute approximate surface area is 140 Å². The summed E-state index contributed by atoms with van der Waals surface area (Å²) in [6.45, 7) is 7.20. The van der Waals surface area contributed by atoms with Crippen molar-refractivity contribution >= 4 is 23.3 Å². The molecule has 3 amide bonds. The Kier molecular flexibility index (Phi) is 4.84. The molecule has 0 aromatic carbocycles. The van der Waals surface area contributed by atoms with E-state index in [1.165, 1.54) is 4.88 Å². The van der Waals surface area contributed by atoms with Crippen molar-refractivity contribution in [1.29, 1.82) is 0 Å². The number of carbonyl (C=O) groups is 2. The van der Waals surface area contributed by atoms with Gasteiger partial charge in [-0.25, -0.2) is 9.78 Å². The summed E-state index contributed by atoms with van der Waals surface area (Å²) >= 11 is 1.75. The second-order valence-electron chi connectivity index (χ2n) is 6.38. The summed E-state index contributed by atoms with van der Waals surface area (Å²) in [5.41, 5.74) is 1.10. The molecule has 3 heterocycles. The van der Waals surface area contributed by atoms with Crippen LogP contribution in [0.4, 0.5) is 4.79 Å². The topological polar surface area (TPSA) is 65.5 Å². The molecule has 1 N–H and O–H groups in total. The third-order valence-electron chi connectivity index (χ3n) is 4.66. The molecule has 6 nitrogen and oxygen atoms in total. The molecule has 1 aromatic heterocycles. The minimum absolute atomic E-state index is 0.0525. The molecule has 23 heavy (non-hydrogen) atoms. The predicted octanol–water partition coefficient (Wildman–Crippen LogP) is 1.88. The minimum atomic E-state index is -0.121. The van der Waals surface area contributed by atoms with Gasteiger partial charge in [-0.15, -0.1) is 11.3 Å². The van der Waals surface area contributed by atoms with E-state index in [2.05, 4.69) is 17.2 Å². The highest BCUT2D eigenvalue weighted by atomic mass is 32.1. The number of hydrogen-bond donors (Lipinski definition) is 1. The number of amides is 3. The maximum Gasteiger partial charge on any atom is 0.317 e. The van der Waals surface area contributed by atoms with E-state index in [-0.39, 0.29) is 18.5 Å². The standard InChI is InChI=1S/C16H24N4O2S/c1-11-12(2)23-15(18-11)13-5-3-7-19(9-13)14(21)10-20-8-4-6-17-16(20)22/h13H,3-10H2,1-2H3,(H,17,22)/t13-/m1/s1. The van der Waals surface area contributed by atoms with E-state index in [9.17, 15) is 9.59 Å². The molecule has 126 valence electrons. The van der Waals surface area contributed by atoms with Crippen LogP contribution in [-0.2, 0) is 4.79 Å². The highest BCUT2D eigenvalue weighted by Gasteiger charge is 2.29. The average molecular weight is 336 g/mol. The summed E-state index contributed by atoms with van der Waals surface area (Å²) < 4.78 is 0. The SMILES string of the molecule is Cc1nc([C@@H]2CCCN(C(=O)CN3CCCNC3=O)C2)sc1C. The lowest BCUT2D eigenvalue weighted by molar-refractivity contribution is -0.133. The lowest BCUT2D eigenvalue weighted by atomic mass is 9.98. The maximum atomic E-state index is 12.5. The zero-order valence-electron chi connectivity index (χ0n) is 13.8. The molecule has 2 aliphatic rings. The smallest absolute Gasteiger partial charge is 0.317 e. The van der Waals surface area contributed by atoms with Gasteiger partial charge in [0.15, 0.2) is 0 Å². The van der Waals surface area contributed by atoms with Crippen LogP contribution < -0.4 is 5.32 Å².